The van der Waals surface area contributed by atoms with Crippen LogP contribution >= 0.6 is 11.6 Å². The quantitative estimate of drug-likeness (QED) is 0.328. The number of nitrogens with two attached hydrogens (primary N) is 1. The standard InChI is InChI=1S/C15H8ClF7N2O/c16-5-13(24)25-11-4-12(8(18)3-7(11)17)26-14-9(19)1-6(2-10(14)20)15(21,22)23/h1-4H,5H2,(H2,24,25). The normalized spacial score (nSPS) is 12.4. The molecule has 3 nitrogen and oxygen atoms in total. The van der Waals surface area contributed by atoms with Gasteiger partial charge in [-0.05, 0) is 12.1 Å². The Balaban J connectivity index is 2.47. The molecule has 0 fully saturated rings. The first kappa shape index (κ1) is 19.8. The fourth-order valence-electron chi connectivity index (χ4n) is 1.80. The van der Waals surface area contributed by atoms with Crippen molar-refractivity contribution < 1.29 is 35.5 Å². The Labute approximate surface area is 146 Å². The summed E-state index contributed by atoms with van der Waals surface area (Å²) in [4.78, 5) is 3.52. The number of halogens is 8. The first-order valence-electron chi connectivity index (χ1n) is 6.65. The average Bonchev–Trinajstić information content (AvgIpc) is 2.53. The maximum atomic E-state index is 13.8. The summed E-state index contributed by atoms with van der Waals surface area (Å²) < 4.78 is 97.1. The molecule has 0 heterocycles. The van der Waals surface area contributed by atoms with Crippen molar-refractivity contribution in [2.45, 2.75) is 6.18 Å². The number of hydrogen-bond acceptors (Lipinski definition) is 2. The molecule has 0 bridgehead atoms. The average molecular weight is 401 g/mol. The largest absolute Gasteiger partial charge is 0.448 e. The molecular weight excluding hydrogens is 393 g/mol. The van der Waals surface area contributed by atoms with Crippen LogP contribution in [0, 0.1) is 23.3 Å². The van der Waals surface area contributed by atoms with E-state index in [0.717, 1.165) is 0 Å². The number of hydrogen-bond donors (Lipinski definition) is 1. The maximum Gasteiger partial charge on any atom is 0.416 e. The van der Waals surface area contributed by atoms with Gasteiger partial charge in [0.1, 0.15) is 11.5 Å². The molecule has 0 spiro atoms. The van der Waals surface area contributed by atoms with Gasteiger partial charge in [-0.25, -0.2) is 22.6 Å². The van der Waals surface area contributed by atoms with Crippen LogP contribution < -0.4 is 10.5 Å². The molecule has 2 aromatic carbocycles. The number of rotatable bonds is 4. The van der Waals surface area contributed by atoms with Gasteiger partial charge in [0.2, 0.25) is 0 Å². The lowest BCUT2D eigenvalue weighted by atomic mass is 10.2. The van der Waals surface area contributed by atoms with Crippen molar-refractivity contribution in [1.82, 2.24) is 0 Å². The zero-order valence-electron chi connectivity index (χ0n) is 12.5. The maximum absolute atomic E-state index is 13.8. The molecule has 0 aliphatic carbocycles. The fraction of sp³-hybridized carbons (Fsp3) is 0.133. The van der Waals surface area contributed by atoms with E-state index >= 15 is 0 Å². The van der Waals surface area contributed by atoms with Gasteiger partial charge in [0.15, 0.2) is 34.8 Å². The summed E-state index contributed by atoms with van der Waals surface area (Å²) in [5.41, 5.74) is 3.16. The third kappa shape index (κ3) is 4.37. The molecule has 2 N–H and O–H groups in total. The molecule has 0 aliphatic rings. The molecule has 0 atom stereocenters. The van der Waals surface area contributed by atoms with Crippen LogP contribution in [0.1, 0.15) is 5.56 Å². The highest BCUT2D eigenvalue weighted by atomic mass is 35.5. The van der Waals surface area contributed by atoms with Crippen LogP contribution in [0.5, 0.6) is 11.5 Å². The van der Waals surface area contributed by atoms with Gasteiger partial charge in [-0.1, -0.05) is 0 Å². The molecule has 26 heavy (non-hydrogen) atoms. The van der Waals surface area contributed by atoms with E-state index in [2.05, 4.69) is 9.73 Å². The second-order valence-corrected chi connectivity index (χ2v) is 5.11. The van der Waals surface area contributed by atoms with Gasteiger partial charge in [-0.15, -0.1) is 11.6 Å². The first-order chi connectivity index (χ1) is 12.0. The van der Waals surface area contributed by atoms with Crippen molar-refractivity contribution >= 4 is 23.1 Å². The molecule has 0 aromatic heterocycles. The molecule has 0 aliphatic heterocycles. The number of ether oxygens (including phenoxy) is 1. The number of aliphatic imine (C=N–C) groups is 1. The molecule has 0 saturated carbocycles. The predicted molar refractivity (Wildman–Crippen MR) is 79.8 cm³/mol. The van der Waals surface area contributed by atoms with Crippen LogP contribution in [-0.4, -0.2) is 11.7 Å². The van der Waals surface area contributed by atoms with Gasteiger partial charge < -0.3 is 10.5 Å². The minimum absolute atomic E-state index is 0.0234. The molecule has 11 heteroatoms. The summed E-state index contributed by atoms with van der Waals surface area (Å²) in [5, 5.41) is 0. The summed E-state index contributed by atoms with van der Waals surface area (Å²) >= 11 is 5.37. The van der Waals surface area contributed by atoms with Crippen LogP contribution in [0.15, 0.2) is 29.3 Å². The van der Waals surface area contributed by atoms with E-state index in [-0.39, 0.29) is 23.8 Å². The number of benzene rings is 2. The monoisotopic (exact) mass is 400 g/mol. The Morgan fingerprint density at radius 3 is 2.04 bits per heavy atom. The second kappa shape index (κ2) is 7.40. The summed E-state index contributed by atoms with van der Waals surface area (Å²) in [6, 6.07) is 0.880. The SMILES string of the molecule is NC(CCl)=Nc1cc(Oc2c(F)cc(C(F)(F)F)cc2F)c(F)cc1F. The van der Waals surface area contributed by atoms with Crippen LogP contribution in [-0.2, 0) is 6.18 Å². The van der Waals surface area contributed by atoms with Crippen LogP contribution in [0.2, 0.25) is 0 Å². The Morgan fingerprint density at radius 2 is 1.54 bits per heavy atom. The molecule has 2 aromatic rings. The Morgan fingerprint density at radius 1 is 0.962 bits per heavy atom. The minimum Gasteiger partial charge on any atom is -0.448 e. The van der Waals surface area contributed by atoms with Gasteiger partial charge in [0.25, 0.3) is 0 Å². The Hall–Kier alpha value is -2.49. The van der Waals surface area contributed by atoms with Crippen LogP contribution in [0.25, 0.3) is 0 Å². The van der Waals surface area contributed by atoms with Gasteiger partial charge in [-0.3, -0.25) is 0 Å². The van der Waals surface area contributed by atoms with Gasteiger partial charge >= 0.3 is 6.18 Å². The summed E-state index contributed by atoms with van der Waals surface area (Å²) in [5.74, 6) is -8.71. The van der Waals surface area contributed by atoms with E-state index in [9.17, 15) is 30.7 Å². The molecule has 140 valence electrons. The number of amidine groups is 1. The van der Waals surface area contributed by atoms with Crippen molar-refractivity contribution in [2.24, 2.45) is 10.7 Å². The van der Waals surface area contributed by atoms with E-state index in [1.165, 1.54) is 0 Å². The molecule has 0 unspecified atom stereocenters. The van der Waals surface area contributed by atoms with Crippen molar-refractivity contribution in [2.75, 3.05) is 5.88 Å². The number of alkyl halides is 4. The predicted octanol–water partition coefficient (Wildman–Crippen LogP) is 5.28. The van der Waals surface area contributed by atoms with Crippen molar-refractivity contribution in [3.8, 4) is 11.5 Å². The lowest BCUT2D eigenvalue weighted by Gasteiger charge is -2.12. The second-order valence-electron chi connectivity index (χ2n) is 4.84. The molecule has 2 rings (SSSR count). The van der Waals surface area contributed by atoms with Gasteiger partial charge in [0.05, 0.1) is 11.4 Å². The van der Waals surface area contributed by atoms with Gasteiger partial charge in [0, 0.05) is 12.1 Å². The molecule has 0 saturated heterocycles. The smallest absolute Gasteiger partial charge is 0.416 e. The highest BCUT2D eigenvalue weighted by Crippen LogP contribution is 2.37. The zero-order valence-corrected chi connectivity index (χ0v) is 13.2. The van der Waals surface area contributed by atoms with E-state index < -0.39 is 52.2 Å². The molecule has 0 radical (unpaired) electrons. The first-order valence-corrected chi connectivity index (χ1v) is 7.18. The fourth-order valence-corrected chi connectivity index (χ4v) is 1.86. The molecule has 0 amide bonds. The van der Waals surface area contributed by atoms with E-state index in [4.69, 9.17) is 17.3 Å². The lowest BCUT2D eigenvalue weighted by molar-refractivity contribution is -0.138. The molecular formula is C15H8ClF7N2O. The zero-order chi connectivity index (χ0) is 19.6. The van der Waals surface area contributed by atoms with Crippen molar-refractivity contribution in [3.05, 3.63) is 53.1 Å². The summed E-state index contributed by atoms with van der Waals surface area (Å²) in [6.45, 7) is 0. The lowest BCUT2D eigenvalue weighted by Crippen LogP contribution is -2.12. The number of nitrogens with zero attached hydrogens (tertiary/aromatic N) is 1. The van der Waals surface area contributed by atoms with E-state index in [1.807, 2.05) is 0 Å². The summed E-state index contributed by atoms with van der Waals surface area (Å²) in [7, 11) is 0. The highest BCUT2D eigenvalue weighted by molar-refractivity contribution is 6.28. The Kier molecular flexibility index (Phi) is 5.65. The van der Waals surface area contributed by atoms with Crippen LogP contribution in [0.4, 0.5) is 36.4 Å². The van der Waals surface area contributed by atoms with E-state index in [1.54, 1.807) is 0 Å². The summed E-state index contributed by atoms with van der Waals surface area (Å²) in [6.07, 6.45) is -5.00. The minimum atomic E-state index is -5.00. The van der Waals surface area contributed by atoms with E-state index in [0.29, 0.717) is 12.1 Å². The van der Waals surface area contributed by atoms with Crippen LogP contribution in [0.3, 0.4) is 0 Å². The van der Waals surface area contributed by atoms with Gasteiger partial charge in [-0.2, -0.15) is 13.2 Å². The topological polar surface area (TPSA) is 47.6 Å². The third-order valence-electron chi connectivity index (χ3n) is 2.94. The van der Waals surface area contributed by atoms with Crippen molar-refractivity contribution in [3.63, 3.8) is 0 Å². The Bertz CT molecular complexity index is 845. The van der Waals surface area contributed by atoms with Crippen molar-refractivity contribution in [1.29, 1.82) is 0 Å². The highest BCUT2D eigenvalue weighted by Gasteiger charge is 2.33. The third-order valence-corrected chi connectivity index (χ3v) is 3.21.